The SMILES string of the molecule is N#Cc1ccc(F)c(CSc2n[nH]c(=O)n2CCc2ccccc2)c1. The van der Waals surface area contributed by atoms with Crippen molar-refractivity contribution in [2.75, 3.05) is 0 Å². The first-order chi connectivity index (χ1) is 12.2. The van der Waals surface area contributed by atoms with Gasteiger partial charge in [0.2, 0.25) is 0 Å². The quantitative estimate of drug-likeness (QED) is 0.690. The molecule has 0 spiro atoms. The van der Waals surface area contributed by atoms with E-state index in [1.807, 2.05) is 36.4 Å². The molecule has 0 fully saturated rings. The summed E-state index contributed by atoms with van der Waals surface area (Å²) in [6.45, 7) is 0.488. The molecule has 1 N–H and O–H groups in total. The molecule has 1 heterocycles. The minimum atomic E-state index is -0.375. The minimum absolute atomic E-state index is 0.287. The molecule has 3 aromatic rings. The van der Waals surface area contributed by atoms with Gasteiger partial charge in [0.25, 0.3) is 0 Å². The molecular formula is C18H15FN4OS. The topological polar surface area (TPSA) is 74.5 Å². The number of benzene rings is 2. The maximum atomic E-state index is 13.9. The molecule has 0 radical (unpaired) electrons. The van der Waals surface area contributed by atoms with Crippen LogP contribution in [-0.2, 0) is 18.7 Å². The van der Waals surface area contributed by atoms with Gasteiger partial charge in [-0.25, -0.2) is 14.3 Å². The summed E-state index contributed by atoms with van der Waals surface area (Å²) in [5.74, 6) is -0.0861. The average Bonchev–Trinajstić information content (AvgIpc) is 3.00. The molecule has 0 saturated heterocycles. The smallest absolute Gasteiger partial charge is 0.270 e. The van der Waals surface area contributed by atoms with Gasteiger partial charge in [-0.1, -0.05) is 42.1 Å². The van der Waals surface area contributed by atoms with Crippen molar-refractivity contribution in [2.24, 2.45) is 0 Å². The number of aromatic amines is 1. The van der Waals surface area contributed by atoms with Crippen LogP contribution in [0.15, 0.2) is 58.5 Å². The molecule has 0 aliphatic carbocycles. The number of H-pyrrole nitrogens is 1. The second-order valence-electron chi connectivity index (χ2n) is 5.41. The third-order valence-electron chi connectivity index (χ3n) is 3.72. The third kappa shape index (κ3) is 4.17. The number of aryl methyl sites for hydroxylation is 1. The Morgan fingerprint density at radius 2 is 2.04 bits per heavy atom. The van der Waals surface area contributed by atoms with E-state index < -0.39 is 0 Å². The molecule has 0 aliphatic rings. The zero-order valence-electron chi connectivity index (χ0n) is 13.3. The largest absolute Gasteiger partial charge is 0.343 e. The lowest BCUT2D eigenvalue weighted by Crippen LogP contribution is -2.18. The molecule has 7 heteroatoms. The summed E-state index contributed by atoms with van der Waals surface area (Å²) in [6.07, 6.45) is 0.701. The molecule has 0 saturated carbocycles. The molecule has 0 unspecified atom stereocenters. The van der Waals surface area contributed by atoms with E-state index in [0.29, 0.717) is 29.2 Å². The van der Waals surface area contributed by atoms with E-state index in [2.05, 4.69) is 10.2 Å². The number of thioether (sulfide) groups is 1. The van der Waals surface area contributed by atoms with E-state index in [1.165, 1.54) is 30.0 Å². The van der Waals surface area contributed by atoms with Gasteiger partial charge in [-0.2, -0.15) is 5.26 Å². The number of nitrogens with one attached hydrogen (secondary N) is 1. The van der Waals surface area contributed by atoms with Crippen LogP contribution in [0.25, 0.3) is 0 Å². The Kier molecular flexibility index (Phi) is 5.31. The summed E-state index contributed by atoms with van der Waals surface area (Å²) in [5.41, 5.74) is 1.65. The molecule has 25 heavy (non-hydrogen) atoms. The minimum Gasteiger partial charge on any atom is -0.270 e. The first-order valence-corrected chi connectivity index (χ1v) is 8.66. The van der Waals surface area contributed by atoms with E-state index >= 15 is 0 Å². The van der Waals surface area contributed by atoms with E-state index in [0.717, 1.165) is 5.56 Å². The van der Waals surface area contributed by atoms with Crippen molar-refractivity contribution in [3.05, 3.63) is 81.5 Å². The van der Waals surface area contributed by atoms with Crippen LogP contribution in [0.4, 0.5) is 4.39 Å². The predicted molar refractivity (Wildman–Crippen MR) is 93.7 cm³/mol. The van der Waals surface area contributed by atoms with Crippen molar-refractivity contribution in [3.63, 3.8) is 0 Å². The lowest BCUT2D eigenvalue weighted by Gasteiger charge is -2.06. The van der Waals surface area contributed by atoms with Gasteiger partial charge < -0.3 is 0 Å². The number of hydrogen-bond acceptors (Lipinski definition) is 4. The van der Waals surface area contributed by atoms with E-state index in [-0.39, 0.29) is 17.3 Å². The number of nitriles is 1. The fourth-order valence-corrected chi connectivity index (χ4v) is 3.34. The second kappa shape index (κ2) is 7.81. The van der Waals surface area contributed by atoms with Crippen LogP contribution in [0.2, 0.25) is 0 Å². The highest BCUT2D eigenvalue weighted by Crippen LogP contribution is 2.22. The maximum absolute atomic E-state index is 13.9. The van der Waals surface area contributed by atoms with Crippen LogP contribution in [0.5, 0.6) is 0 Å². The summed E-state index contributed by atoms with van der Waals surface area (Å²) in [7, 11) is 0. The van der Waals surface area contributed by atoms with Crippen LogP contribution in [-0.4, -0.2) is 14.8 Å². The molecule has 0 aliphatic heterocycles. The molecule has 0 bridgehead atoms. The Morgan fingerprint density at radius 1 is 1.24 bits per heavy atom. The fraction of sp³-hybridized carbons (Fsp3) is 0.167. The van der Waals surface area contributed by atoms with Gasteiger partial charge in [0.05, 0.1) is 11.6 Å². The van der Waals surface area contributed by atoms with Gasteiger partial charge in [0, 0.05) is 12.3 Å². The van der Waals surface area contributed by atoms with E-state index in [4.69, 9.17) is 5.26 Å². The molecule has 5 nitrogen and oxygen atoms in total. The maximum Gasteiger partial charge on any atom is 0.343 e. The normalized spacial score (nSPS) is 10.6. The zero-order valence-corrected chi connectivity index (χ0v) is 14.1. The Balaban J connectivity index is 1.72. The van der Waals surface area contributed by atoms with Crippen LogP contribution >= 0.6 is 11.8 Å². The molecule has 126 valence electrons. The number of rotatable bonds is 6. The summed E-state index contributed by atoms with van der Waals surface area (Å²) in [5, 5.41) is 15.9. The highest BCUT2D eigenvalue weighted by atomic mass is 32.2. The summed E-state index contributed by atoms with van der Waals surface area (Å²) in [4.78, 5) is 12.0. The summed E-state index contributed by atoms with van der Waals surface area (Å²) >= 11 is 1.26. The van der Waals surface area contributed by atoms with Gasteiger partial charge in [0.1, 0.15) is 5.82 Å². The lowest BCUT2D eigenvalue weighted by molar-refractivity contribution is 0.612. The molecule has 3 rings (SSSR count). The van der Waals surface area contributed by atoms with Crippen molar-refractivity contribution >= 4 is 11.8 Å². The van der Waals surface area contributed by atoms with Crippen molar-refractivity contribution < 1.29 is 4.39 Å². The lowest BCUT2D eigenvalue weighted by atomic mass is 10.1. The molecular weight excluding hydrogens is 339 g/mol. The second-order valence-corrected chi connectivity index (χ2v) is 6.35. The van der Waals surface area contributed by atoms with E-state index in [1.54, 1.807) is 4.57 Å². The third-order valence-corrected chi connectivity index (χ3v) is 4.75. The monoisotopic (exact) mass is 354 g/mol. The van der Waals surface area contributed by atoms with E-state index in [9.17, 15) is 9.18 Å². The first-order valence-electron chi connectivity index (χ1n) is 7.68. The van der Waals surface area contributed by atoms with Gasteiger partial charge >= 0.3 is 5.69 Å². The van der Waals surface area contributed by atoms with Gasteiger partial charge in [-0.3, -0.25) is 4.57 Å². The summed E-state index contributed by atoms with van der Waals surface area (Å²) < 4.78 is 15.4. The fourth-order valence-electron chi connectivity index (χ4n) is 2.39. The van der Waals surface area contributed by atoms with Crippen LogP contribution in [0.3, 0.4) is 0 Å². The summed E-state index contributed by atoms with van der Waals surface area (Å²) in [6, 6.07) is 16.1. The van der Waals surface area contributed by atoms with Gasteiger partial charge in [-0.05, 0) is 35.7 Å². The molecule has 2 aromatic carbocycles. The van der Waals surface area contributed by atoms with Crippen molar-refractivity contribution in [2.45, 2.75) is 23.9 Å². The van der Waals surface area contributed by atoms with Gasteiger partial charge in [0.15, 0.2) is 5.16 Å². The van der Waals surface area contributed by atoms with Crippen LogP contribution < -0.4 is 5.69 Å². The van der Waals surface area contributed by atoms with Crippen LogP contribution in [0, 0.1) is 17.1 Å². The Labute approximate surface area is 148 Å². The Bertz CT molecular complexity index is 959. The Hall–Kier alpha value is -2.85. The van der Waals surface area contributed by atoms with Crippen molar-refractivity contribution in [1.82, 2.24) is 14.8 Å². The predicted octanol–water partition coefficient (Wildman–Crippen LogP) is 3.12. The van der Waals surface area contributed by atoms with Crippen molar-refractivity contribution in [3.8, 4) is 6.07 Å². The molecule has 0 atom stereocenters. The average molecular weight is 354 g/mol. The number of hydrogen-bond donors (Lipinski definition) is 1. The number of aromatic nitrogens is 3. The zero-order chi connectivity index (χ0) is 17.6. The molecule has 1 aromatic heterocycles. The number of halogens is 1. The molecule has 0 amide bonds. The number of nitrogens with zero attached hydrogens (tertiary/aromatic N) is 3. The van der Waals surface area contributed by atoms with Crippen molar-refractivity contribution in [1.29, 1.82) is 5.26 Å². The first kappa shape index (κ1) is 17.0. The van der Waals surface area contributed by atoms with Gasteiger partial charge in [-0.15, -0.1) is 5.10 Å². The highest BCUT2D eigenvalue weighted by molar-refractivity contribution is 7.98. The highest BCUT2D eigenvalue weighted by Gasteiger charge is 2.11. The Morgan fingerprint density at radius 3 is 2.80 bits per heavy atom. The standard InChI is InChI=1S/C18H15FN4OS/c19-16-7-6-14(11-20)10-15(16)12-25-18-22-21-17(24)23(18)9-8-13-4-2-1-3-5-13/h1-7,10H,8-9,12H2,(H,21,24). The van der Waals surface area contributed by atoms with Crippen LogP contribution in [0.1, 0.15) is 16.7 Å².